The number of thiophene rings is 6. The van der Waals surface area contributed by atoms with Crippen molar-refractivity contribution in [1.82, 2.24) is 0 Å². The standard InChI is InChI=1S/C20H18O2.C15H16O2.C14H12S3.C10H10S2.C6H8S/c1-15-3-7-17(8-4-15)21-19-11-13-20(14-12-19)22-18-9-5-16(2)6-10-18;1-12-3-7-14(8-4-12)16-11-17-15-9-5-13(2)6-10-15;1-9-3-5-11(15-9)13-7-8-14(17-13)12-6-4-10(2)16-12;1-7-3-5-9(11-7)10-6-4-8(2)12-10;1-5-3-4-6(2)7-5/h3-14H,1-2H3;3-10H,11H2,1-2H3;3-8H,1-2H3;3-6H,1-2H3;3-4H,1-2H3. The highest BCUT2D eigenvalue weighted by atomic mass is 32.1. The van der Waals surface area contributed by atoms with E-state index in [1.807, 2.05) is 203 Å². The fraction of sp³-hybridized carbons (Fsp3) is 0.169. The van der Waals surface area contributed by atoms with Crippen LogP contribution in [0.15, 0.2) is 194 Å². The Kier molecular flexibility index (Phi) is 21.3. The Labute approximate surface area is 468 Å². The highest BCUT2D eigenvalue weighted by Gasteiger charge is 2.08. The molecule has 11 rings (SSSR count). The lowest BCUT2D eigenvalue weighted by Crippen LogP contribution is -2.05. The highest BCUT2D eigenvalue weighted by Crippen LogP contribution is 2.40. The fourth-order valence-corrected chi connectivity index (χ4v) is 12.4. The average Bonchev–Trinajstić information content (AvgIpc) is 4.29. The van der Waals surface area contributed by atoms with Crippen molar-refractivity contribution in [3.8, 4) is 63.8 Å². The molecule has 384 valence electrons. The third-order valence-electron chi connectivity index (χ3n) is 11.0. The van der Waals surface area contributed by atoms with Gasteiger partial charge in [-0.05, 0) is 215 Å². The molecule has 6 heterocycles. The van der Waals surface area contributed by atoms with Gasteiger partial charge >= 0.3 is 0 Å². The first-order chi connectivity index (χ1) is 36.2. The summed E-state index contributed by atoms with van der Waals surface area (Å²) in [7, 11) is 0. The van der Waals surface area contributed by atoms with Crippen LogP contribution in [0.25, 0.3) is 29.3 Å². The van der Waals surface area contributed by atoms with E-state index >= 15 is 0 Å². The molecule has 0 amide bonds. The lowest BCUT2D eigenvalue weighted by Gasteiger charge is -2.08. The van der Waals surface area contributed by atoms with E-state index < -0.39 is 0 Å². The Morgan fingerprint density at radius 3 is 0.640 bits per heavy atom. The first-order valence-corrected chi connectivity index (χ1v) is 29.5. The van der Waals surface area contributed by atoms with E-state index in [4.69, 9.17) is 18.9 Å². The Balaban J connectivity index is 0.000000142. The molecular weight excluding hydrogens is 1040 g/mol. The lowest BCUT2D eigenvalue weighted by molar-refractivity contribution is 0.120. The zero-order valence-corrected chi connectivity index (χ0v) is 49.2. The highest BCUT2D eigenvalue weighted by molar-refractivity contribution is 7.26. The predicted molar refractivity (Wildman–Crippen MR) is 329 cm³/mol. The van der Waals surface area contributed by atoms with Gasteiger partial charge in [-0.3, -0.25) is 0 Å². The summed E-state index contributed by atoms with van der Waals surface area (Å²) in [6.07, 6.45) is 0. The van der Waals surface area contributed by atoms with Gasteiger partial charge in [-0.1, -0.05) is 70.8 Å². The number of aryl methyl sites for hydroxylation is 10. The summed E-state index contributed by atoms with van der Waals surface area (Å²) in [4.78, 5) is 16.6. The van der Waals surface area contributed by atoms with Crippen molar-refractivity contribution in [3.63, 3.8) is 0 Å². The monoisotopic (exact) mass is 1100 g/mol. The van der Waals surface area contributed by atoms with Gasteiger partial charge in [0, 0.05) is 58.5 Å². The Bertz CT molecular complexity index is 3160. The molecule has 75 heavy (non-hydrogen) atoms. The largest absolute Gasteiger partial charge is 0.458 e. The van der Waals surface area contributed by atoms with Gasteiger partial charge in [0.15, 0.2) is 0 Å². The zero-order chi connectivity index (χ0) is 53.1. The van der Waals surface area contributed by atoms with Gasteiger partial charge in [0.25, 0.3) is 0 Å². The molecule has 0 atom stereocenters. The maximum atomic E-state index is 5.80. The second-order valence-corrected chi connectivity index (χ2v) is 25.5. The van der Waals surface area contributed by atoms with Gasteiger partial charge < -0.3 is 18.9 Å². The third-order valence-corrected chi connectivity index (χ3v) is 17.6. The van der Waals surface area contributed by atoms with Crippen LogP contribution in [0.2, 0.25) is 0 Å². The molecule has 0 saturated carbocycles. The first kappa shape index (κ1) is 56.2. The van der Waals surface area contributed by atoms with Crippen molar-refractivity contribution in [2.45, 2.75) is 69.2 Å². The first-order valence-electron chi connectivity index (χ1n) is 24.6. The Morgan fingerprint density at radius 1 is 0.213 bits per heavy atom. The van der Waals surface area contributed by atoms with Gasteiger partial charge in [0.1, 0.15) is 34.5 Å². The summed E-state index contributed by atoms with van der Waals surface area (Å²) in [5, 5.41) is 0. The van der Waals surface area contributed by atoms with E-state index in [0.29, 0.717) is 0 Å². The molecular formula is C65H64O4S6. The van der Waals surface area contributed by atoms with Crippen molar-refractivity contribution >= 4 is 68.0 Å². The van der Waals surface area contributed by atoms with Gasteiger partial charge in [-0.25, -0.2) is 0 Å². The van der Waals surface area contributed by atoms with E-state index in [-0.39, 0.29) is 6.79 Å². The maximum Gasteiger partial charge on any atom is 0.230 e. The van der Waals surface area contributed by atoms with Crippen LogP contribution in [0.4, 0.5) is 0 Å². The number of hydrogen-bond acceptors (Lipinski definition) is 10. The van der Waals surface area contributed by atoms with Gasteiger partial charge in [0.2, 0.25) is 6.79 Å². The molecule has 0 fully saturated rings. The third kappa shape index (κ3) is 19.0. The summed E-state index contributed by atoms with van der Waals surface area (Å²) in [5.41, 5.74) is 4.87. The van der Waals surface area contributed by atoms with E-state index in [9.17, 15) is 0 Å². The molecule has 0 aliphatic heterocycles. The molecule has 0 spiro atoms. The molecule has 6 aromatic heterocycles. The van der Waals surface area contributed by atoms with E-state index in [2.05, 4.69) is 128 Å². The van der Waals surface area contributed by atoms with Crippen molar-refractivity contribution in [2.75, 3.05) is 6.79 Å². The van der Waals surface area contributed by atoms with Crippen LogP contribution in [-0.4, -0.2) is 6.79 Å². The molecule has 0 N–H and O–H groups in total. The molecule has 4 nitrogen and oxygen atoms in total. The normalized spacial score (nSPS) is 10.3. The minimum atomic E-state index is 0.228. The van der Waals surface area contributed by atoms with Crippen LogP contribution in [0, 0.1) is 69.2 Å². The van der Waals surface area contributed by atoms with Crippen molar-refractivity contribution < 1.29 is 18.9 Å². The van der Waals surface area contributed by atoms with Gasteiger partial charge in [0.05, 0.1) is 0 Å². The van der Waals surface area contributed by atoms with Crippen molar-refractivity contribution in [3.05, 3.63) is 246 Å². The number of ether oxygens (including phenoxy) is 4. The number of rotatable bonds is 11. The van der Waals surface area contributed by atoms with Crippen molar-refractivity contribution in [2.24, 2.45) is 0 Å². The van der Waals surface area contributed by atoms with E-state index in [0.717, 1.165) is 34.5 Å². The smallest absolute Gasteiger partial charge is 0.230 e. The van der Waals surface area contributed by atoms with Crippen LogP contribution in [0.3, 0.4) is 0 Å². The molecule has 0 bridgehead atoms. The van der Waals surface area contributed by atoms with E-state index in [1.165, 1.54) is 80.8 Å². The molecule has 5 aromatic carbocycles. The zero-order valence-electron chi connectivity index (χ0n) is 44.3. The molecule has 0 radical (unpaired) electrons. The second kappa shape index (κ2) is 28.4. The topological polar surface area (TPSA) is 36.9 Å². The van der Waals surface area contributed by atoms with Crippen LogP contribution < -0.4 is 18.9 Å². The summed E-state index contributed by atoms with van der Waals surface area (Å²) in [6, 6.07) is 65.7. The van der Waals surface area contributed by atoms with Crippen LogP contribution >= 0.6 is 68.0 Å². The summed E-state index contributed by atoms with van der Waals surface area (Å²) < 4.78 is 22.5. The maximum absolute atomic E-state index is 5.80. The van der Waals surface area contributed by atoms with Crippen molar-refractivity contribution in [1.29, 1.82) is 0 Å². The molecule has 0 aliphatic rings. The number of hydrogen-bond donors (Lipinski definition) is 0. The Hall–Kier alpha value is -6.50. The van der Waals surface area contributed by atoms with Gasteiger partial charge in [-0.15, -0.1) is 68.0 Å². The molecule has 0 unspecified atom stereocenters. The molecule has 10 heteroatoms. The molecule has 0 saturated heterocycles. The predicted octanol–water partition coefficient (Wildman–Crippen LogP) is 21.9. The quantitative estimate of drug-likeness (QED) is 0.121. The minimum Gasteiger partial charge on any atom is -0.458 e. The fourth-order valence-electron chi connectivity index (χ4n) is 6.92. The second-order valence-electron chi connectivity index (χ2n) is 17.8. The Morgan fingerprint density at radius 2 is 0.413 bits per heavy atom. The van der Waals surface area contributed by atoms with Gasteiger partial charge in [-0.2, -0.15) is 0 Å². The summed E-state index contributed by atoms with van der Waals surface area (Å²) in [6.45, 7) is 21.3. The summed E-state index contributed by atoms with van der Waals surface area (Å²) in [5.74, 6) is 4.89. The van der Waals surface area contributed by atoms with Crippen LogP contribution in [-0.2, 0) is 0 Å². The lowest BCUT2D eigenvalue weighted by atomic mass is 10.2. The minimum absolute atomic E-state index is 0.228. The average molecular weight is 1100 g/mol. The SMILES string of the molecule is Cc1ccc(-c2ccc(-c3ccc(C)s3)s2)s1.Cc1ccc(-c2ccc(C)s2)s1.Cc1ccc(C)s1.Cc1ccc(OCOc2ccc(C)cc2)cc1.Cc1ccc(Oc2ccc(Oc3ccc(C)cc3)cc2)cc1. The van der Waals surface area contributed by atoms with Crippen LogP contribution in [0.1, 0.15) is 51.5 Å². The summed E-state index contributed by atoms with van der Waals surface area (Å²) >= 11 is 11.2. The van der Waals surface area contributed by atoms with E-state index in [1.54, 1.807) is 0 Å². The molecule has 11 aromatic rings. The van der Waals surface area contributed by atoms with Crippen LogP contribution in [0.5, 0.6) is 34.5 Å². The molecule has 0 aliphatic carbocycles. The number of benzene rings is 5.